The lowest BCUT2D eigenvalue weighted by Gasteiger charge is -2.07. The SMILES string of the molecule is O=C(Cl)c1cc2ccccc2c2cc(F)ccc12. The van der Waals surface area contributed by atoms with Crippen molar-refractivity contribution < 1.29 is 9.18 Å². The van der Waals surface area contributed by atoms with E-state index in [-0.39, 0.29) is 5.82 Å². The maximum atomic E-state index is 13.4. The van der Waals surface area contributed by atoms with Gasteiger partial charge in [-0.15, -0.1) is 0 Å². The first kappa shape index (κ1) is 11.2. The first-order chi connectivity index (χ1) is 8.66. The highest BCUT2D eigenvalue weighted by Gasteiger charge is 2.11. The Labute approximate surface area is 108 Å². The number of benzene rings is 3. The van der Waals surface area contributed by atoms with Crippen molar-refractivity contribution in [3.63, 3.8) is 0 Å². The van der Waals surface area contributed by atoms with Gasteiger partial charge < -0.3 is 0 Å². The lowest BCUT2D eigenvalue weighted by atomic mass is 9.98. The topological polar surface area (TPSA) is 17.1 Å². The predicted octanol–water partition coefficient (Wildman–Crippen LogP) is 4.51. The molecule has 0 aliphatic carbocycles. The molecule has 0 aromatic heterocycles. The smallest absolute Gasteiger partial charge is 0.253 e. The fourth-order valence-electron chi connectivity index (χ4n) is 2.24. The van der Waals surface area contributed by atoms with Crippen LogP contribution in [0.25, 0.3) is 21.5 Å². The molecule has 0 radical (unpaired) electrons. The van der Waals surface area contributed by atoms with Crippen molar-refractivity contribution in [2.24, 2.45) is 0 Å². The molecule has 3 heteroatoms. The van der Waals surface area contributed by atoms with Crippen LogP contribution in [-0.2, 0) is 0 Å². The maximum absolute atomic E-state index is 13.4. The molecule has 0 bridgehead atoms. The molecule has 3 rings (SSSR count). The van der Waals surface area contributed by atoms with Crippen LogP contribution in [0, 0.1) is 5.82 Å². The average Bonchev–Trinajstić information content (AvgIpc) is 2.37. The van der Waals surface area contributed by atoms with Gasteiger partial charge in [0.2, 0.25) is 0 Å². The Balaban J connectivity index is 2.59. The van der Waals surface area contributed by atoms with E-state index in [4.69, 9.17) is 11.6 Å². The van der Waals surface area contributed by atoms with E-state index in [0.29, 0.717) is 16.3 Å². The molecule has 0 heterocycles. The van der Waals surface area contributed by atoms with Crippen LogP contribution < -0.4 is 0 Å². The molecule has 0 saturated carbocycles. The summed E-state index contributed by atoms with van der Waals surface area (Å²) in [4.78, 5) is 11.5. The van der Waals surface area contributed by atoms with Gasteiger partial charge in [0.25, 0.3) is 5.24 Å². The molecule has 0 saturated heterocycles. The highest BCUT2D eigenvalue weighted by molar-refractivity contribution is 6.68. The van der Waals surface area contributed by atoms with Gasteiger partial charge in [-0.3, -0.25) is 4.79 Å². The number of carbonyl (C=O) groups excluding carboxylic acids is 1. The number of hydrogen-bond acceptors (Lipinski definition) is 1. The second kappa shape index (κ2) is 4.07. The monoisotopic (exact) mass is 258 g/mol. The molecule has 1 nitrogen and oxygen atoms in total. The van der Waals surface area contributed by atoms with Crippen LogP contribution in [-0.4, -0.2) is 5.24 Å². The Morgan fingerprint density at radius 1 is 0.944 bits per heavy atom. The molecule has 0 fully saturated rings. The summed E-state index contributed by atoms with van der Waals surface area (Å²) in [5.41, 5.74) is 0.408. The van der Waals surface area contributed by atoms with Crippen molar-refractivity contribution in [1.29, 1.82) is 0 Å². The summed E-state index contributed by atoms with van der Waals surface area (Å²) in [6, 6.07) is 13.6. The number of fused-ring (bicyclic) bond motifs is 3. The van der Waals surface area contributed by atoms with Crippen LogP contribution in [0.2, 0.25) is 0 Å². The summed E-state index contributed by atoms with van der Waals surface area (Å²) in [6.45, 7) is 0. The van der Waals surface area contributed by atoms with E-state index in [1.54, 1.807) is 12.1 Å². The zero-order valence-electron chi connectivity index (χ0n) is 9.28. The lowest BCUT2D eigenvalue weighted by molar-refractivity contribution is 0.108. The van der Waals surface area contributed by atoms with Crippen LogP contribution in [0.5, 0.6) is 0 Å². The van der Waals surface area contributed by atoms with Crippen molar-refractivity contribution in [3.8, 4) is 0 Å². The van der Waals surface area contributed by atoms with E-state index in [1.165, 1.54) is 12.1 Å². The summed E-state index contributed by atoms with van der Waals surface area (Å²) in [5.74, 6) is -0.327. The van der Waals surface area contributed by atoms with Gasteiger partial charge in [-0.1, -0.05) is 30.3 Å². The Morgan fingerprint density at radius 2 is 1.72 bits per heavy atom. The third-order valence-corrected chi connectivity index (χ3v) is 3.24. The highest BCUT2D eigenvalue weighted by Crippen LogP contribution is 2.30. The third-order valence-electron chi connectivity index (χ3n) is 3.03. The van der Waals surface area contributed by atoms with E-state index in [9.17, 15) is 9.18 Å². The van der Waals surface area contributed by atoms with E-state index < -0.39 is 5.24 Å². The Bertz CT molecular complexity index is 780. The molecule has 0 aliphatic heterocycles. The predicted molar refractivity (Wildman–Crippen MR) is 71.6 cm³/mol. The van der Waals surface area contributed by atoms with Crippen LogP contribution in [0.4, 0.5) is 4.39 Å². The number of halogens is 2. The molecule has 3 aromatic rings. The van der Waals surface area contributed by atoms with Gasteiger partial charge in [-0.25, -0.2) is 4.39 Å². The Kier molecular flexibility index (Phi) is 2.53. The number of carbonyl (C=O) groups is 1. The van der Waals surface area contributed by atoms with Gasteiger partial charge in [-0.05, 0) is 51.3 Å². The first-order valence-electron chi connectivity index (χ1n) is 5.47. The normalized spacial score (nSPS) is 11.0. The molecule has 88 valence electrons. The van der Waals surface area contributed by atoms with Gasteiger partial charge in [0, 0.05) is 5.56 Å². The fraction of sp³-hybridized carbons (Fsp3) is 0. The Morgan fingerprint density at radius 3 is 2.50 bits per heavy atom. The first-order valence-corrected chi connectivity index (χ1v) is 5.85. The molecular formula is C15H8ClFO. The van der Waals surface area contributed by atoms with Crippen molar-refractivity contribution in [2.75, 3.05) is 0 Å². The highest BCUT2D eigenvalue weighted by atomic mass is 35.5. The summed E-state index contributed by atoms with van der Waals surface area (Å²) >= 11 is 5.59. The molecule has 0 spiro atoms. The van der Waals surface area contributed by atoms with Gasteiger partial charge in [-0.2, -0.15) is 0 Å². The van der Waals surface area contributed by atoms with Gasteiger partial charge >= 0.3 is 0 Å². The van der Waals surface area contributed by atoms with Crippen molar-refractivity contribution in [3.05, 3.63) is 59.9 Å². The summed E-state index contributed by atoms with van der Waals surface area (Å²) in [5, 5.41) is 2.64. The molecule has 0 unspecified atom stereocenters. The zero-order valence-corrected chi connectivity index (χ0v) is 10.0. The van der Waals surface area contributed by atoms with Crippen LogP contribution in [0.1, 0.15) is 10.4 Å². The van der Waals surface area contributed by atoms with Gasteiger partial charge in [0.05, 0.1) is 0 Å². The fourth-order valence-corrected chi connectivity index (χ4v) is 2.39. The minimum absolute atomic E-state index is 0.327. The largest absolute Gasteiger partial charge is 0.276 e. The molecule has 0 aliphatic rings. The number of rotatable bonds is 1. The standard InChI is InChI=1S/C15H8ClFO/c16-15(18)14-7-9-3-1-2-4-11(9)13-8-10(17)5-6-12(13)14/h1-8H. The van der Waals surface area contributed by atoms with E-state index in [1.807, 2.05) is 24.3 Å². The van der Waals surface area contributed by atoms with Gasteiger partial charge in [0.1, 0.15) is 5.82 Å². The average molecular weight is 259 g/mol. The minimum atomic E-state index is -0.530. The van der Waals surface area contributed by atoms with Crippen LogP contribution in [0.15, 0.2) is 48.5 Å². The summed E-state index contributed by atoms with van der Waals surface area (Å²) in [6.07, 6.45) is 0. The molecule has 0 N–H and O–H groups in total. The number of hydrogen-bond donors (Lipinski definition) is 0. The third kappa shape index (κ3) is 1.66. The lowest BCUT2D eigenvalue weighted by Crippen LogP contribution is -1.92. The summed E-state index contributed by atoms with van der Waals surface area (Å²) < 4.78 is 13.4. The Hall–Kier alpha value is -1.93. The molecule has 18 heavy (non-hydrogen) atoms. The van der Waals surface area contributed by atoms with Crippen LogP contribution >= 0.6 is 11.6 Å². The molecule has 3 aromatic carbocycles. The van der Waals surface area contributed by atoms with Crippen molar-refractivity contribution in [2.45, 2.75) is 0 Å². The minimum Gasteiger partial charge on any atom is -0.276 e. The van der Waals surface area contributed by atoms with E-state index in [2.05, 4.69) is 0 Å². The zero-order chi connectivity index (χ0) is 12.7. The van der Waals surface area contributed by atoms with Crippen molar-refractivity contribution >= 4 is 38.4 Å². The molecule has 0 amide bonds. The molecular weight excluding hydrogens is 251 g/mol. The second-order valence-corrected chi connectivity index (χ2v) is 4.45. The molecule has 0 atom stereocenters. The van der Waals surface area contributed by atoms with E-state index >= 15 is 0 Å². The maximum Gasteiger partial charge on any atom is 0.253 e. The van der Waals surface area contributed by atoms with Gasteiger partial charge in [0.15, 0.2) is 0 Å². The quantitative estimate of drug-likeness (QED) is 0.464. The van der Waals surface area contributed by atoms with Crippen molar-refractivity contribution in [1.82, 2.24) is 0 Å². The van der Waals surface area contributed by atoms with Crippen LogP contribution in [0.3, 0.4) is 0 Å². The van der Waals surface area contributed by atoms with E-state index in [0.717, 1.165) is 10.8 Å². The second-order valence-electron chi connectivity index (χ2n) is 4.11. The summed E-state index contributed by atoms with van der Waals surface area (Å²) in [7, 11) is 0.